The molecule has 1 aliphatic heterocycles. The summed E-state index contributed by atoms with van der Waals surface area (Å²) in [7, 11) is 0. The molecule has 0 radical (unpaired) electrons. The summed E-state index contributed by atoms with van der Waals surface area (Å²) in [6.45, 7) is 5.87. The van der Waals surface area contributed by atoms with Gasteiger partial charge in [-0.1, -0.05) is 13.0 Å². The minimum atomic E-state index is 0.0392. The van der Waals surface area contributed by atoms with Gasteiger partial charge in [-0.2, -0.15) is 0 Å². The Morgan fingerprint density at radius 2 is 2.32 bits per heavy atom. The average Bonchev–Trinajstić information content (AvgIpc) is 2.92. The van der Waals surface area contributed by atoms with Crippen molar-refractivity contribution in [2.75, 3.05) is 19.6 Å². The van der Waals surface area contributed by atoms with Gasteiger partial charge < -0.3 is 10.2 Å². The van der Waals surface area contributed by atoms with Crippen LogP contribution in [0.2, 0.25) is 0 Å². The van der Waals surface area contributed by atoms with E-state index in [1.807, 2.05) is 23.6 Å². The summed E-state index contributed by atoms with van der Waals surface area (Å²) in [5.41, 5.74) is 0. The van der Waals surface area contributed by atoms with E-state index in [0.717, 1.165) is 17.7 Å². The molecule has 3 nitrogen and oxygen atoms in total. The van der Waals surface area contributed by atoms with Gasteiger partial charge in [0.1, 0.15) is 0 Å². The van der Waals surface area contributed by atoms with Crippen LogP contribution in [0, 0.1) is 0 Å². The van der Waals surface area contributed by atoms with Crippen LogP contribution in [0.5, 0.6) is 0 Å². The van der Waals surface area contributed by atoms with Crippen LogP contribution >= 0.6 is 11.3 Å². The highest BCUT2D eigenvalue weighted by atomic mass is 32.1. The van der Waals surface area contributed by atoms with Crippen molar-refractivity contribution >= 4 is 23.3 Å². The lowest BCUT2D eigenvalue weighted by atomic mass is 10.0. The molecule has 2 heterocycles. The normalized spacial score (nSPS) is 23.6. The fraction of sp³-hybridized carbons (Fsp3) is 0.533. The van der Waals surface area contributed by atoms with Crippen LogP contribution in [-0.2, 0) is 4.79 Å². The summed E-state index contributed by atoms with van der Waals surface area (Å²) >= 11 is 1.65. The molecule has 1 saturated heterocycles. The van der Waals surface area contributed by atoms with Gasteiger partial charge >= 0.3 is 0 Å². The number of rotatable bonds is 5. The third kappa shape index (κ3) is 4.80. The van der Waals surface area contributed by atoms with Crippen molar-refractivity contribution in [3.05, 3.63) is 28.5 Å². The summed E-state index contributed by atoms with van der Waals surface area (Å²) in [6, 6.07) is 4.37. The van der Waals surface area contributed by atoms with E-state index in [-0.39, 0.29) is 5.91 Å². The number of likely N-dealkylation sites (tertiary alicyclic amines) is 1. The monoisotopic (exact) mass is 279 g/mol. The van der Waals surface area contributed by atoms with E-state index in [2.05, 4.69) is 12.2 Å². The first-order valence-electron chi connectivity index (χ1n) is 7.13. The third-order valence-electron chi connectivity index (χ3n) is 3.58. The molecule has 2 N–H and O–H groups in total. The number of hydrogen-bond donors (Lipinski definition) is 2. The minimum absolute atomic E-state index is 0.0392. The number of carbonyl (C=O) groups excluding carboxylic acids is 1. The zero-order valence-electron chi connectivity index (χ0n) is 11.5. The molecular formula is C15H23N2OS+. The van der Waals surface area contributed by atoms with Crippen molar-refractivity contribution in [2.45, 2.75) is 32.2 Å². The molecule has 0 spiro atoms. The molecule has 19 heavy (non-hydrogen) atoms. The SMILES string of the molecule is CCC[NH+]1CCC(NC(=O)/C=C/c2cccs2)CC1. The Bertz CT molecular complexity index is 406. The van der Waals surface area contributed by atoms with Crippen LogP contribution < -0.4 is 10.2 Å². The van der Waals surface area contributed by atoms with E-state index < -0.39 is 0 Å². The number of nitrogens with one attached hydrogen (secondary N) is 2. The summed E-state index contributed by atoms with van der Waals surface area (Å²) in [4.78, 5) is 14.6. The van der Waals surface area contributed by atoms with E-state index in [1.54, 1.807) is 22.3 Å². The van der Waals surface area contributed by atoms with Crippen molar-refractivity contribution in [3.63, 3.8) is 0 Å². The Hall–Kier alpha value is -1.13. The van der Waals surface area contributed by atoms with Gasteiger partial charge in [-0.3, -0.25) is 4.79 Å². The van der Waals surface area contributed by atoms with Gasteiger partial charge in [0.15, 0.2) is 0 Å². The van der Waals surface area contributed by atoms with Crippen molar-refractivity contribution in [1.29, 1.82) is 0 Å². The molecule has 0 atom stereocenters. The molecule has 1 aliphatic rings. The Labute approximate surface area is 119 Å². The maximum Gasteiger partial charge on any atom is 0.244 e. The first-order chi connectivity index (χ1) is 9.28. The van der Waals surface area contributed by atoms with Crippen molar-refractivity contribution in [1.82, 2.24) is 5.32 Å². The third-order valence-corrected chi connectivity index (χ3v) is 4.42. The highest BCUT2D eigenvalue weighted by molar-refractivity contribution is 7.10. The second-order valence-corrected chi connectivity index (χ2v) is 6.11. The predicted molar refractivity (Wildman–Crippen MR) is 80.4 cm³/mol. The Kier molecular flexibility index (Phi) is 5.61. The zero-order valence-corrected chi connectivity index (χ0v) is 12.3. The minimum Gasteiger partial charge on any atom is -0.349 e. The average molecular weight is 279 g/mol. The molecule has 0 saturated carbocycles. The standard InChI is InChI=1S/C15H22N2OS/c1-2-9-17-10-7-13(8-11-17)16-15(18)6-5-14-4-3-12-19-14/h3-6,12-13H,2,7-11H2,1H3,(H,16,18)/p+1/b6-5+. The first-order valence-corrected chi connectivity index (χ1v) is 8.01. The molecule has 1 aromatic heterocycles. The number of quaternary nitrogens is 1. The largest absolute Gasteiger partial charge is 0.349 e. The molecule has 104 valence electrons. The molecule has 1 fully saturated rings. The van der Waals surface area contributed by atoms with Crippen LogP contribution in [-0.4, -0.2) is 31.6 Å². The molecule has 0 unspecified atom stereocenters. The van der Waals surface area contributed by atoms with Gasteiger partial charge in [0.25, 0.3) is 0 Å². The number of carbonyl (C=O) groups is 1. The molecule has 1 aromatic rings. The van der Waals surface area contributed by atoms with Crippen molar-refractivity contribution in [2.24, 2.45) is 0 Å². The predicted octanol–water partition coefficient (Wildman–Crippen LogP) is 1.33. The molecule has 0 aliphatic carbocycles. The maximum atomic E-state index is 11.8. The number of amides is 1. The van der Waals surface area contributed by atoms with Crippen LogP contribution in [0.4, 0.5) is 0 Å². The summed E-state index contributed by atoms with van der Waals surface area (Å²) in [5.74, 6) is 0.0392. The molecule has 0 aromatic carbocycles. The van der Waals surface area contributed by atoms with Crippen LogP contribution in [0.15, 0.2) is 23.6 Å². The molecular weight excluding hydrogens is 256 g/mol. The fourth-order valence-corrected chi connectivity index (χ4v) is 3.19. The first kappa shape index (κ1) is 14.3. The van der Waals surface area contributed by atoms with E-state index in [1.165, 1.54) is 26.1 Å². The van der Waals surface area contributed by atoms with Crippen LogP contribution in [0.3, 0.4) is 0 Å². The Morgan fingerprint density at radius 1 is 1.53 bits per heavy atom. The molecule has 0 bridgehead atoms. The molecule has 1 amide bonds. The molecule has 2 rings (SSSR count). The summed E-state index contributed by atoms with van der Waals surface area (Å²) < 4.78 is 0. The van der Waals surface area contributed by atoms with Crippen molar-refractivity contribution < 1.29 is 9.69 Å². The van der Waals surface area contributed by atoms with E-state index in [9.17, 15) is 4.79 Å². The smallest absolute Gasteiger partial charge is 0.244 e. The summed E-state index contributed by atoms with van der Waals surface area (Å²) in [6.07, 6.45) is 6.99. The van der Waals surface area contributed by atoms with Gasteiger partial charge in [0.05, 0.1) is 19.6 Å². The van der Waals surface area contributed by atoms with Gasteiger partial charge in [0, 0.05) is 29.8 Å². The van der Waals surface area contributed by atoms with Gasteiger partial charge in [-0.05, 0) is 23.9 Å². The quantitative estimate of drug-likeness (QED) is 0.784. The Balaban J connectivity index is 1.72. The number of piperidine rings is 1. The zero-order chi connectivity index (χ0) is 13.5. The summed E-state index contributed by atoms with van der Waals surface area (Å²) in [5, 5.41) is 5.13. The highest BCUT2D eigenvalue weighted by Crippen LogP contribution is 2.10. The molecule has 4 heteroatoms. The topological polar surface area (TPSA) is 33.5 Å². The van der Waals surface area contributed by atoms with Crippen LogP contribution in [0.25, 0.3) is 6.08 Å². The van der Waals surface area contributed by atoms with Crippen molar-refractivity contribution in [3.8, 4) is 0 Å². The van der Waals surface area contributed by atoms with Gasteiger partial charge in [-0.25, -0.2) is 0 Å². The lowest BCUT2D eigenvalue weighted by Gasteiger charge is -2.29. The van der Waals surface area contributed by atoms with Gasteiger partial charge in [-0.15, -0.1) is 11.3 Å². The number of hydrogen-bond acceptors (Lipinski definition) is 2. The second kappa shape index (κ2) is 7.46. The lowest BCUT2D eigenvalue weighted by Crippen LogP contribution is -3.13. The fourth-order valence-electron chi connectivity index (χ4n) is 2.57. The Morgan fingerprint density at radius 3 is 2.95 bits per heavy atom. The highest BCUT2D eigenvalue weighted by Gasteiger charge is 2.21. The van der Waals surface area contributed by atoms with E-state index in [4.69, 9.17) is 0 Å². The van der Waals surface area contributed by atoms with Crippen LogP contribution in [0.1, 0.15) is 31.1 Å². The second-order valence-electron chi connectivity index (χ2n) is 5.13. The van der Waals surface area contributed by atoms with E-state index in [0.29, 0.717) is 6.04 Å². The lowest BCUT2D eigenvalue weighted by molar-refractivity contribution is -0.905. The van der Waals surface area contributed by atoms with Gasteiger partial charge in [0.2, 0.25) is 5.91 Å². The number of thiophene rings is 1. The maximum absolute atomic E-state index is 11.8. The van der Waals surface area contributed by atoms with E-state index >= 15 is 0 Å².